The van der Waals surface area contributed by atoms with Crippen LogP contribution in [-0.2, 0) is 30.3 Å². The third-order valence-corrected chi connectivity index (χ3v) is 7.58. The molecule has 3 fully saturated rings. The normalized spacial score (nSPS) is 18.5. The highest BCUT2D eigenvalue weighted by atomic mass is 16.6. The van der Waals surface area contributed by atoms with Gasteiger partial charge in [0.2, 0.25) is 18.2 Å². The van der Waals surface area contributed by atoms with Crippen molar-refractivity contribution < 1.29 is 33.8 Å². The molecule has 1 aromatic carbocycles. The molecule has 1 aromatic rings. The van der Waals surface area contributed by atoms with E-state index in [1.54, 1.807) is 4.90 Å². The van der Waals surface area contributed by atoms with Gasteiger partial charge in [-0.1, -0.05) is 19.9 Å². The molecule has 3 saturated heterocycles. The summed E-state index contributed by atoms with van der Waals surface area (Å²) in [6.45, 7) is 13.4. The number of amides is 4. The molecule has 3 aliphatic heterocycles. The molecule has 2 N–H and O–H groups in total. The number of hydrogen-bond acceptors (Lipinski definition) is 8. The van der Waals surface area contributed by atoms with E-state index in [2.05, 4.69) is 29.4 Å². The Bertz CT molecular complexity index is 1090. The summed E-state index contributed by atoms with van der Waals surface area (Å²) in [5.41, 5.74) is 2.49. The van der Waals surface area contributed by atoms with Crippen LogP contribution < -0.4 is 15.1 Å². The van der Waals surface area contributed by atoms with Crippen molar-refractivity contribution in [3.05, 3.63) is 23.8 Å². The molecular weight excluding hydrogens is 578 g/mol. The van der Waals surface area contributed by atoms with Gasteiger partial charge in [0.25, 0.3) is 6.47 Å². The SMILES string of the molecule is CC.CC(C)(C)OC(=O)N1CCCC1.CN1CCC(Cc2ccc(N(C=O)C3CCC(=O)NC3=O)c(N(C)C)c2)CC1.O=CO. The van der Waals surface area contributed by atoms with E-state index in [9.17, 15) is 19.2 Å². The first-order chi connectivity index (χ1) is 21.3. The Labute approximate surface area is 269 Å². The van der Waals surface area contributed by atoms with Crippen LogP contribution in [0.2, 0.25) is 0 Å². The number of carbonyl (C=O) groups excluding carboxylic acids is 4. The highest BCUT2D eigenvalue weighted by Gasteiger charge is 2.33. The van der Waals surface area contributed by atoms with Crippen LogP contribution in [0.15, 0.2) is 18.2 Å². The standard InChI is InChI=1S/C21H30N4O3.C9H17NO2.C2H6.CH2O2/c1-23(2)19-13-16(12-15-8-10-24(3)11-9-15)4-5-17(19)25(14-26)18-6-7-20(27)22-21(18)28;1-9(2,3)12-8(11)10-6-4-5-7-10;1-2;2-1-3/h4-5,13-15,18H,6-12H2,1-3H3,(H,22,27,28);4-7H2,1-3H3;1-2H3;1H,(H,2,3). The highest BCUT2D eigenvalue weighted by Crippen LogP contribution is 2.33. The maximum atomic E-state index is 12.3. The monoisotopic (exact) mass is 633 g/mol. The van der Waals surface area contributed by atoms with Crippen LogP contribution >= 0.6 is 0 Å². The van der Waals surface area contributed by atoms with Crippen LogP contribution in [-0.4, -0.2) is 105 Å². The fourth-order valence-electron chi connectivity index (χ4n) is 5.34. The molecule has 12 heteroatoms. The van der Waals surface area contributed by atoms with Gasteiger partial charge in [-0.3, -0.25) is 24.5 Å². The summed E-state index contributed by atoms with van der Waals surface area (Å²) in [5, 5.41) is 9.22. The Balaban J connectivity index is 0.000000495. The zero-order valence-electron chi connectivity index (χ0n) is 28.5. The fourth-order valence-corrected chi connectivity index (χ4v) is 5.34. The molecule has 0 bridgehead atoms. The van der Waals surface area contributed by atoms with Gasteiger partial charge < -0.3 is 29.4 Å². The van der Waals surface area contributed by atoms with E-state index < -0.39 is 11.9 Å². The Hall–Kier alpha value is -3.67. The van der Waals surface area contributed by atoms with Crippen molar-refractivity contribution in [2.24, 2.45) is 5.92 Å². The second kappa shape index (κ2) is 19.7. The van der Waals surface area contributed by atoms with Crippen LogP contribution in [0.3, 0.4) is 0 Å². The molecular formula is C33H55N5O7. The van der Waals surface area contributed by atoms with Crippen molar-refractivity contribution >= 4 is 42.2 Å². The minimum atomic E-state index is -0.659. The van der Waals surface area contributed by atoms with Gasteiger partial charge in [-0.05, 0) is 103 Å². The molecule has 3 heterocycles. The number of imide groups is 1. The first-order valence-electron chi connectivity index (χ1n) is 15.9. The molecule has 1 atom stereocenters. The predicted molar refractivity (Wildman–Crippen MR) is 176 cm³/mol. The molecule has 3 aliphatic rings. The molecule has 0 radical (unpaired) electrons. The van der Waals surface area contributed by atoms with E-state index in [-0.39, 0.29) is 30.5 Å². The van der Waals surface area contributed by atoms with Crippen LogP contribution in [0.4, 0.5) is 16.2 Å². The van der Waals surface area contributed by atoms with Crippen LogP contribution in [0.5, 0.6) is 0 Å². The first kappa shape index (κ1) is 39.4. The number of anilines is 2. The van der Waals surface area contributed by atoms with Crippen LogP contribution in [0.25, 0.3) is 0 Å². The number of likely N-dealkylation sites (tertiary alicyclic amines) is 2. The van der Waals surface area contributed by atoms with Gasteiger partial charge in [0.05, 0.1) is 11.4 Å². The van der Waals surface area contributed by atoms with E-state index >= 15 is 0 Å². The van der Waals surface area contributed by atoms with Gasteiger partial charge in [0.1, 0.15) is 11.6 Å². The summed E-state index contributed by atoms with van der Waals surface area (Å²) in [6.07, 6.45) is 6.75. The molecule has 4 amide bonds. The van der Waals surface area contributed by atoms with E-state index in [1.165, 1.54) is 23.3 Å². The Morgan fingerprint density at radius 1 is 1.02 bits per heavy atom. The lowest BCUT2D eigenvalue weighted by Gasteiger charge is -2.33. The lowest BCUT2D eigenvalue weighted by molar-refractivity contribution is -0.135. The smallest absolute Gasteiger partial charge is 0.410 e. The summed E-state index contributed by atoms with van der Waals surface area (Å²) in [5.74, 6) is -0.0220. The second-order valence-corrected chi connectivity index (χ2v) is 12.4. The average Bonchev–Trinajstić information content (AvgIpc) is 3.53. The van der Waals surface area contributed by atoms with Crippen molar-refractivity contribution in [1.29, 1.82) is 0 Å². The molecule has 0 aliphatic carbocycles. The molecule has 0 aromatic heterocycles. The summed E-state index contributed by atoms with van der Waals surface area (Å²) in [6, 6.07) is 5.45. The van der Waals surface area contributed by atoms with Crippen molar-refractivity contribution in [3.63, 3.8) is 0 Å². The Morgan fingerprint density at radius 2 is 1.60 bits per heavy atom. The van der Waals surface area contributed by atoms with Crippen molar-refractivity contribution in [2.45, 2.75) is 91.2 Å². The van der Waals surface area contributed by atoms with Gasteiger partial charge in [0, 0.05) is 33.6 Å². The van der Waals surface area contributed by atoms with Gasteiger partial charge in [-0.15, -0.1) is 0 Å². The third-order valence-electron chi connectivity index (χ3n) is 7.58. The van der Waals surface area contributed by atoms with E-state index in [0.717, 1.165) is 51.1 Å². The van der Waals surface area contributed by atoms with E-state index in [0.29, 0.717) is 24.4 Å². The third kappa shape index (κ3) is 13.5. The minimum absolute atomic E-state index is 0.167. The number of hydrogen-bond donors (Lipinski definition) is 2. The molecule has 12 nitrogen and oxygen atoms in total. The number of benzene rings is 1. The zero-order chi connectivity index (χ0) is 34.2. The van der Waals surface area contributed by atoms with E-state index in [4.69, 9.17) is 14.6 Å². The van der Waals surface area contributed by atoms with Gasteiger partial charge >= 0.3 is 6.09 Å². The number of nitrogens with one attached hydrogen (secondary N) is 1. The molecule has 1 unspecified atom stereocenters. The molecule has 0 spiro atoms. The quantitative estimate of drug-likeness (QED) is 0.349. The predicted octanol–water partition coefficient (Wildman–Crippen LogP) is 4.15. The Morgan fingerprint density at radius 3 is 2.09 bits per heavy atom. The summed E-state index contributed by atoms with van der Waals surface area (Å²) < 4.78 is 5.21. The average molecular weight is 634 g/mol. The highest BCUT2D eigenvalue weighted by molar-refractivity contribution is 6.04. The van der Waals surface area contributed by atoms with Crippen molar-refractivity contribution in [3.8, 4) is 0 Å². The minimum Gasteiger partial charge on any atom is -0.483 e. The molecule has 4 rings (SSSR count). The summed E-state index contributed by atoms with van der Waals surface area (Å²) >= 11 is 0. The molecule has 45 heavy (non-hydrogen) atoms. The van der Waals surface area contributed by atoms with Gasteiger partial charge in [-0.2, -0.15) is 0 Å². The van der Waals surface area contributed by atoms with Crippen molar-refractivity contribution in [2.75, 3.05) is 57.1 Å². The maximum Gasteiger partial charge on any atom is 0.410 e. The molecule has 0 saturated carbocycles. The second-order valence-electron chi connectivity index (χ2n) is 12.4. The number of rotatable bonds is 6. The van der Waals surface area contributed by atoms with Crippen molar-refractivity contribution in [1.82, 2.24) is 15.1 Å². The maximum absolute atomic E-state index is 12.3. The summed E-state index contributed by atoms with van der Waals surface area (Å²) in [4.78, 5) is 62.9. The van der Waals surface area contributed by atoms with E-state index in [1.807, 2.05) is 59.7 Å². The number of carboxylic acid groups (broad SMARTS) is 1. The number of piperidine rings is 2. The largest absolute Gasteiger partial charge is 0.483 e. The summed E-state index contributed by atoms with van der Waals surface area (Å²) in [7, 11) is 6.04. The van der Waals surface area contributed by atoms with Crippen LogP contribution in [0.1, 0.15) is 78.7 Å². The van der Waals surface area contributed by atoms with Crippen LogP contribution in [0, 0.1) is 5.92 Å². The van der Waals surface area contributed by atoms with Gasteiger partial charge in [-0.25, -0.2) is 4.79 Å². The Kier molecular flexibility index (Phi) is 17.2. The first-order valence-corrected chi connectivity index (χ1v) is 15.9. The zero-order valence-corrected chi connectivity index (χ0v) is 28.5. The van der Waals surface area contributed by atoms with Gasteiger partial charge in [0.15, 0.2) is 0 Å². The lowest BCUT2D eigenvalue weighted by Crippen LogP contribution is -2.52. The number of nitrogens with zero attached hydrogens (tertiary/aromatic N) is 4. The fraction of sp³-hybridized carbons (Fsp3) is 0.667. The number of ether oxygens (including phenoxy) is 1. The topological polar surface area (TPSA) is 140 Å². The number of carbonyl (C=O) groups is 5. The lowest BCUT2D eigenvalue weighted by atomic mass is 9.90. The molecule has 254 valence electrons.